The van der Waals surface area contributed by atoms with Gasteiger partial charge in [0.05, 0.1) is 5.69 Å². The molecule has 1 atom stereocenters. The fraction of sp³-hybridized carbons (Fsp3) is 0.450. The number of carbonyl (C=O) groups excluding carboxylic acids is 1. The molecule has 1 aliphatic rings. The first-order valence-corrected chi connectivity index (χ1v) is 8.98. The van der Waals surface area contributed by atoms with Crippen LogP contribution in [0.15, 0.2) is 42.9 Å². The molecule has 1 aromatic carbocycles. The maximum atomic E-state index is 13.7. The van der Waals surface area contributed by atoms with Gasteiger partial charge in [0.25, 0.3) is 0 Å². The molecule has 1 unspecified atom stereocenters. The second kappa shape index (κ2) is 8.70. The number of hydrogen-bond donors (Lipinski definition) is 0. The summed E-state index contributed by atoms with van der Waals surface area (Å²) in [7, 11) is 0. The van der Waals surface area contributed by atoms with Crippen molar-refractivity contribution in [2.45, 2.75) is 38.5 Å². The minimum atomic E-state index is -0.129. The third kappa shape index (κ3) is 5.08. The highest BCUT2D eigenvalue weighted by Gasteiger charge is 2.23. The Labute approximate surface area is 148 Å². The molecule has 25 heavy (non-hydrogen) atoms. The summed E-state index contributed by atoms with van der Waals surface area (Å²) in [6, 6.07) is 6.96. The van der Waals surface area contributed by atoms with Gasteiger partial charge in [-0.15, -0.1) is 0 Å². The summed E-state index contributed by atoms with van der Waals surface area (Å²) in [5.74, 6) is 0.505. The minimum absolute atomic E-state index is 0.129. The average Bonchev–Trinajstić information content (AvgIpc) is 2.66. The van der Waals surface area contributed by atoms with Gasteiger partial charge >= 0.3 is 0 Å². The van der Waals surface area contributed by atoms with Crippen molar-refractivity contribution < 1.29 is 9.18 Å². The van der Waals surface area contributed by atoms with E-state index in [4.69, 9.17) is 0 Å². The van der Waals surface area contributed by atoms with E-state index in [2.05, 4.69) is 9.97 Å². The lowest BCUT2D eigenvalue weighted by Crippen LogP contribution is -2.40. The Morgan fingerprint density at radius 2 is 2.12 bits per heavy atom. The third-order valence-corrected chi connectivity index (χ3v) is 4.86. The fourth-order valence-corrected chi connectivity index (χ4v) is 3.44. The van der Waals surface area contributed by atoms with Crippen molar-refractivity contribution in [3.05, 3.63) is 59.9 Å². The molecule has 0 bridgehead atoms. The highest BCUT2D eigenvalue weighted by Crippen LogP contribution is 2.23. The Hall–Kier alpha value is -2.30. The molecule has 132 valence electrons. The normalized spacial score (nSPS) is 17.5. The van der Waals surface area contributed by atoms with Gasteiger partial charge in [-0.05, 0) is 49.7 Å². The van der Waals surface area contributed by atoms with Crippen molar-refractivity contribution in [1.82, 2.24) is 14.9 Å². The number of carbonyl (C=O) groups is 1. The molecule has 1 fully saturated rings. The lowest BCUT2D eigenvalue weighted by molar-refractivity contribution is -0.133. The molecule has 1 aromatic heterocycles. The number of halogens is 1. The molecule has 5 heteroatoms. The van der Waals surface area contributed by atoms with Crippen LogP contribution in [0, 0.1) is 11.7 Å². The second-order valence-electron chi connectivity index (χ2n) is 6.67. The Morgan fingerprint density at radius 3 is 2.92 bits per heavy atom. The predicted molar refractivity (Wildman–Crippen MR) is 94.4 cm³/mol. The molecule has 0 aliphatic carbocycles. The van der Waals surface area contributed by atoms with Crippen LogP contribution in [-0.4, -0.2) is 33.9 Å². The van der Waals surface area contributed by atoms with Crippen LogP contribution in [0.4, 0.5) is 4.39 Å². The smallest absolute Gasteiger partial charge is 0.222 e. The van der Waals surface area contributed by atoms with Crippen LogP contribution in [0.3, 0.4) is 0 Å². The predicted octanol–water partition coefficient (Wildman–Crippen LogP) is 3.42. The Morgan fingerprint density at radius 1 is 1.24 bits per heavy atom. The van der Waals surface area contributed by atoms with E-state index in [-0.39, 0.29) is 11.7 Å². The van der Waals surface area contributed by atoms with E-state index in [0.717, 1.165) is 50.0 Å². The fourth-order valence-electron chi connectivity index (χ4n) is 3.44. The first-order chi connectivity index (χ1) is 12.2. The van der Waals surface area contributed by atoms with Crippen LogP contribution >= 0.6 is 0 Å². The number of aromatic nitrogens is 2. The van der Waals surface area contributed by atoms with E-state index in [1.807, 2.05) is 17.0 Å². The maximum Gasteiger partial charge on any atom is 0.222 e. The number of amides is 1. The molecule has 2 heterocycles. The van der Waals surface area contributed by atoms with Gasteiger partial charge in [0.1, 0.15) is 5.82 Å². The van der Waals surface area contributed by atoms with Crippen LogP contribution in [0.1, 0.15) is 36.9 Å². The highest BCUT2D eigenvalue weighted by molar-refractivity contribution is 5.76. The summed E-state index contributed by atoms with van der Waals surface area (Å²) in [5.41, 5.74) is 1.62. The number of hydrogen-bond acceptors (Lipinski definition) is 3. The first-order valence-electron chi connectivity index (χ1n) is 8.98. The molecular formula is C20H24FN3O. The number of piperidine rings is 1. The van der Waals surface area contributed by atoms with Crippen LogP contribution in [0.2, 0.25) is 0 Å². The van der Waals surface area contributed by atoms with Crippen LogP contribution in [-0.2, 0) is 17.6 Å². The van der Waals surface area contributed by atoms with Crippen LogP contribution < -0.4 is 0 Å². The molecule has 1 aliphatic heterocycles. The number of benzene rings is 1. The van der Waals surface area contributed by atoms with Gasteiger partial charge in [-0.25, -0.2) is 4.39 Å². The van der Waals surface area contributed by atoms with E-state index < -0.39 is 0 Å². The van der Waals surface area contributed by atoms with E-state index in [1.165, 1.54) is 6.07 Å². The quantitative estimate of drug-likeness (QED) is 0.809. The zero-order valence-corrected chi connectivity index (χ0v) is 14.4. The Balaban J connectivity index is 1.47. The summed E-state index contributed by atoms with van der Waals surface area (Å²) in [6.45, 7) is 1.61. The van der Waals surface area contributed by atoms with E-state index in [9.17, 15) is 9.18 Å². The van der Waals surface area contributed by atoms with E-state index >= 15 is 0 Å². The van der Waals surface area contributed by atoms with Gasteiger partial charge in [0, 0.05) is 38.1 Å². The number of aryl methyl sites for hydroxylation is 2. The van der Waals surface area contributed by atoms with Crippen molar-refractivity contribution in [2.75, 3.05) is 13.1 Å². The first kappa shape index (κ1) is 17.5. The van der Waals surface area contributed by atoms with Crippen molar-refractivity contribution >= 4 is 5.91 Å². The van der Waals surface area contributed by atoms with Crippen molar-refractivity contribution in [1.29, 1.82) is 0 Å². The molecule has 1 amide bonds. The van der Waals surface area contributed by atoms with Gasteiger partial charge in [-0.2, -0.15) is 0 Å². The van der Waals surface area contributed by atoms with Crippen molar-refractivity contribution in [2.24, 2.45) is 5.92 Å². The third-order valence-electron chi connectivity index (χ3n) is 4.86. The van der Waals surface area contributed by atoms with E-state index in [1.54, 1.807) is 24.7 Å². The molecule has 1 saturated heterocycles. The molecule has 0 radical (unpaired) electrons. The monoisotopic (exact) mass is 341 g/mol. The summed E-state index contributed by atoms with van der Waals surface area (Å²) in [4.78, 5) is 22.7. The molecule has 4 nitrogen and oxygen atoms in total. The van der Waals surface area contributed by atoms with Gasteiger partial charge in [0.15, 0.2) is 0 Å². The van der Waals surface area contributed by atoms with Crippen LogP contribution in [0.25, 0.3) is 0 Å². The zero-order valence-electron chi connectivity index (χ0n) is 14.4. The van der Waals surface area contributed by atoms with Gasteiger partial charge < -0.3 is 4.90 Å². The molecular weight excluding hydrogens is 317 g/mol. The number of rotatable bonds is 6. The SMILES string of the molecule is O=C(CCc1cnccn1)N1CCCC(CCc2ccccc2F)C1. The van der Waals surface area contributed by atoms with E-state index in [0.29, 0.717) is 18.8 Å². The summed E-state index contributed by atoms with van der Waals surface area (Å²) >= 11 is 0. The van der Waals surface area contributed by atoms with Crippen molar-refractivity contribution in [3.63, 3.8) is 0 Å². The molecule has 3 rings (SSSR count). The Kier molecular flexibility index (Phi) is 6.09. The summed E-state index contributed by atoms with van der Waals surface area (Å²) in [6.07, 6.45) is 9.90. The lowest BCUT2D eigenvalue weighted by atomic mass is 9.91. The second-order valence-corrected chi connectivity index (χ2v) is 6.67. The number of nitrogens with zero attached hydrogens (tertiary/aromatic N) is 3. The molecule has 0 saturated carbocycles. The van der Waals surface area contributed by atoms with Crippen LogP contribution in [0.5, 0.6) is 0 Å². The van der Waals surface area contributed by atoms with Crippen molar-refractivity contribution in [3.8, 4) is 0 Å². The lowest BCUT2D eigenvalue weighted by Gasteiger charge is -2.33. The largest absolute Gasteiger partial charge is 0.342 e. The minimum Gasteiger partial charge on any atom is -0.342 e. The standard InChI is InChI=1S/C20H24FN3O/c21-19-6-2-1-5-17(19)8-7-16-4-3-13-24(15-16)20(25)10-9-18-14-22-11-12-23-18/h1-2,5-6,11-12,14,16H,3-4,7-10,13,15H2. The van der Waals surface area contributed by atoms with Gasteiger partial charge in [0.2, 0.25) is 5.91 Å². The molecule has 0 spiro atoms. The topological polar surface area (TPSA) is 46.1 Å². The Bertz CT molecular complexity index is 692. The summed E-state index contributed by atoms with van der Waals surface area (Å²) < 4.78 is 13.7. The maximum absolute atomic E-state index is 13.7. The molecule has 0 N–H and O–H groups in total. The summed E-state index contributed by atoms with van der Waals surface area (Å²) in [5, 5.41) is 0. The average molecular weight is 341 g/mol. The molecule has 2 aromatic rings. The van der Waals surface area contributed by atoms with Gasteiger partial charge in [-0.3, -0.25) is 14.8 Å². The van der Waals surface area contributed by atoms with Gasteiger partial charge in [-0.1, -0.05) is 18.2 Å². The highest BCUT2D eigenvalue weighted by atomic mass is 19.1. The number of likely N-dealkylation sites (tertiary alicyclic amines) is 1. The zero-order chi connectivity index (χ0) is 17.5.